The second-order valence-electron chi connectivity index (χ2n) is 2.24. The summed E-state index contributed by atoms with van der Waals surface area (Å²) in [5.74, 6) is -0.864. The Bertz CT molecular complexity index is 280. The molecule has 2 N–H and O–H groups in total. The van der Waals surface area contributed by atoms with Crippen LogP contribution in [-0.2, 0) is 0 Å². The second kappa shape index (κ2) is 3.78. The van der Waals surface area contributed by atoms with E-state index in [-0.39, 0.29) is 17.1 Å². The topological polar surface area (TPSA) is 38.9 Å². The molecule has 0 bridgehead atoms. The van der Waals surface area contributed by atoms with Gasteiger partial charge in [0, 0.05) is 18.3 Å². The van der Waals surface area contributed by atoms with Crippen molar-refractivity contribution in [3.63, 3.8) is 0 Å². The Morgan fingerprint density at radius 1 is 1.67 bits per heavy atom. The largest absolute Gasteiger partial charge is 0.327 e. The van der Waals surface area contributed by atoms with Gasteiger partial charge in [0.25, 0.3) is 0 Å². The van der Waals surface area contributed by atoms with Gasteiger partial charge >= 0.3 is 0 Å². The number of alkyl halides is 1. The molecule has 1 atom stereocenters. The summed E-state index contributed by atoms with van der Waals surface area (Å²) in [6.45, 7) is -0.279. The smallest absolute Gasteiger partial charge is 0.219 e. The molecule has 12 heavy (non-hydrogen) atoms. The third kappa shape index (κ3) is 1.89. The summed E-state index contributed by atoms with van der Waals surface area (Å²) in [4.78, 5) is 3.25. The molecular formula is C7H7ClF2N2. The fraction of sp³-hybridized carbons (Fsp3) is 0.286. The van der Waals surface area contributed by atoms with E-state index >= 15 is 0 Å². The summed E-state index contributed by atoms with van der Waals surface area (Å²) in [6.07, 6.45) is -0.430. The number of pyridine rings is 1. The van der Waals surface area contributed by atoms with E-state index in [0.717, 1.165) is 6.20 Å². The van der Waals surface area contributed by atoms with E-state index in [1.54, 1.807) is 0 Å². The Morgan fingerprint density at radius 2 is 2.33 bits per heavy atom. The van der Waals surface area contributed by atoms with Crippen molar-refractivity contribution < 1.29 is 8.78 Å². The van der Waals surface area contributed by atoms with Crippen LogP contribution in [0.15, 0.2) is 12.3 Å². The zero-order valence-electron chi connectivity index (χ0n) is 6.10. The summed E-state index contributed by atoms with van der Waals surface area (Å²) >= 11 is 5.48. The Morgan fingerprint density at radius 3 is 2.92 bits per heavy atom. The Balaban J connectivity index is 3.04. The van der Waals surface area contributed by atoms with Gasteiger partial charge in [0.15, 0.2) is 0 Å². The van der Waals surface area contributed by atoms with E-state index in [1.165, 1.54) is 6.07 Å². The molecule has 0 aliphatic heterocycles. The minimum absolute atomic E-state index is 0.190. The molecule has 0 fully saturated rings. The molecule has 0 amide bonds. The Hall–Kier alpha value is -0.740. The first kappa shape index (κ1) is 9.35. The van der Waals surface area contributed by atoms with E-state index in [1.807, 2.05) is 0 Å². The lowest BCUT2D eigenvalue weighted by molar-refractivity contribution is 0.337. The number of hydrogen-bond donors (Lipinski definition) is 1. The fourth-order valence-corrected chi connectivity index (χ4v) is 0.951. The van der Waals surface area contributed by atoms with Crippen molar-refractivity contribution in [1.29, 1.82) is 0 Å². The van der Waals surface area contributed by atoms with Gasteiger partial charge in [-0.1, -0.05) is 11.6 Å². The highest BCUT2D eigenvalue weighted by Crippen LogP contribution is 2.21. The summed E-state index contributed by atoms with van der Waals surface area (Å²) in [5, 5.41) is 0.197. The van der Waals surface area contributed by atoms with Crippen LogP contribution in [0.25, 0.3) is 0 Å². The van der Waals surface area contributed by atoms with Crippen molar-refractivity contribution in [3.8, 4) is 0 Å². The molecule has 0 aliphatic carbocycles. The monoisotopic (exact) mass is 192 g/mol. The summed E-state index contributed by atoms with van der Waals surface area (Å²) < 4.78 is 25.6. The van der Waals surface area contributed by atoms with Gasteiger partial charge in [0.1, 0.15) is 6.17 Å². The normalized spacial score (nSPS) is 13.0. The number of nitrogens with two attached hydrogens (primary N) is 1. The Kier molecular flexibility index (Phi) is 2.94. The molecule has 0 radical (unpaired) electrons. The van der Waals surface area contributed by atoms with E-state index in [9.17, 15) is 8.78 Å². The van der Waals surface area contributed by atoms with Crippen LogP contribution in [0.3, 0.4) is 0 Å². The third-order valence-electron chi connectivity index (χ3n) is 1.38. The molecule has 0 aliphatic rings. The predicted octanol–water partition coefficient (Wildman–Crippen LogP) is 1.84. The fourth-order valence-electron chi connectivity index (χ4n) is 0.785. The van der Waals surface area contributed by atoms with Crippen LogP contribution in [-0.4, -0.2) is 11.5 Å². The molecule has 0 saturated carbocycles. The molecule has 0 aromatic carbocycles. The van der Waals surface area contributed by atoms with Crippen LogP contribution in [0, 0.1) is 5.95 Å². The van der Waals surface area contributed by atoms with Gasteiger partial charge < -0.3 is 5.73 Å². The van der Waals surface area contributed by atoms with Crippen LogP contribution in [0.2, 0.25) is 5.02 Å². The zero-order valence-corrected chi connectivity index (χ0v) is 6.85. The lowest BCUT2D eigenvalue weighted by atomic mass is 10.2. The van der Waals surface area contributed by atoms with Crippen molar-refractivity contribution in [2.75, 3.05) is 6.54 Å². The van der Waals surface area contributed by atoms with Crippen molar-refractivity contribution in [1.82, 2.24) is 4.98 Å². The maximum Gasteiger partial charge on any atom is 0.219 e. The van der Waals surface area contributed by atoms with Gasteiger partial charge in [-0.2, -0.15) is 4.39 Å². The number of halogens is 3. The quantitative estimate of drug-likeness (QED) is 0.727. The standard InChI is InChI=1S/C7H7ClF2N2/c8-4-1-5(6(9)2-11)7(10)12-3-4/h1,3,6H,2,11H2. The molecule has 1 rings (SSSR count). The molecule has 1 aromatic rings. The minimum Gasteiger partial charge on any atom is -0.327 e. The number of nitrogens with zero attached hydrogens (tertiary/aromatic N) is 1. The van der Waals surface area contributed by atoms with Gasteiger partial charge in [-0.3, -0.25) is 0 Å². The van der Waals surface area contributed by atoms with Gasteiger partial charge in [-0.25, -0.2) is 9.37 Å². The molecule has 5 heteroatoms. The predicted molar refractivity (Wildman–Crippen MR) is 42.1 cm³/mol. The van der Waals surface area contributed by atoms with Crippen LogP contribution in [0.1, 0.15) is 11.7 Å². The van der Waals surface area contributed by atoms with Crippen molar-refractivity contribution in [2.45, 2.75) is 6.17 Å². The first-order chi connectivity index (χ1) is 5.65. The van der Waals surface area contributed by atoms with Crippen LogP contribution >= 0.6 is 11.6 Å². The Labute approximate surface area is 73.4 Å². The molecule has 1 aromatic heterocycles. The van der Waals surface area contributed by atoms with Gasteiger partial charge in [-0.05, 0) is 6.07 Å². The zero-order chi connectivity index (χ0) is 9.14. The van der Waals surface area contributed by atoms with Gasteiger partial charge in [-0.15, -0.1) is 0 Å². The summed E-state index contributed by atoms with van der Waals surface area (Å²) in [5.41, 5.74) is 4.82. The average molecular weight is 193 g/mol. The molecule has 0 saturated heterocycles. The van der Waals surface area contributed by atoms with Crippen LogP contribution in [0.5, 0.6) is 0 Å². The van der Waals surface area contributed by atoms with Crippen molar-refractivity contribution in [2.24, 2.45) is 5.73 Å². The highest BCUT2D eigenvalue weighted by atomic mass is 35.5. The maximum absolute atomic E-state index is 12.8. The van der Waals surface area contributed by atoms with Crippen molar-refractivity contribution >= 4 is 11.6 Å². The van der Waals surface area contributed by atoms with E-state index in [4.69, 9.17) is 17.3 Å². The molecule has 1 heterocycles. The molecule has 66 valence electrons. The number of hydrogen-bond acceptors (Lipinski definition) is 2. The van der Waals surface area contributed by atoms with Crippen LogP contribution < -0.4 is 5.73 Å². The van der Waals surface area contributed by atoms with Gasteiger partial charge in [0.2, 0.25) is 5.95 Å². The minimum atomic E-state index is -1.55. The second-order valence-corrected chi connectivity index (χ2v) is 2.67. The molecule has 2 nitrogen and oxygen atoms in total. The first-order valence-corrected chi connectivity index (χ1v) is 3.68. The number of rotatable bonds is 2. The van der Waals surface area contributed by atoms with Gasteiger partial charge in [0.05, 0.1) is 5.02 Å². The van der Waals surface area contributed by atoms with E-state index in [2.05, 4.69) is 4.98 Å². The molecule has 0 spiro atoms. The van der Waals surface area contributed by atoms with Crippen LogP contribution in [0.4, 0.5) is 8.78 Å². The van der Waals surface area contributed by atoms with E-state index in [0.29, 0.717) is 0 Å². The van der Waals surface area contributed by atoms with E-state index < -0.39 is 12.1 Å². The lowest BCUT2D eigenvalue weighted by Crippen LogP contribution is -2.10. The highest BCUT2D eigenvalue weighted by Gasteiger charge is 2.14. The lowest BCUT2D eigenvalue weighted by Gasteiger charge is -2.05. The first-order valence-electron chi connectivity index (χ1n) is 3.30. The highest BCUT2D eigenvalue weighted by molar-refractivity contribution is 6.30. The molecular weight excluding hydrogens is 186 g/mol. The summed E-state index contributed by atoms with van der Waals surface area (Å²) in [7, 11) is 0. The average Bonchev–Trinajstić information content (AvgIpc) is 2.08. The van der Waals surface area contributed by atoms with Crippen molar-refractivity contribution in [3.05, 3.63) is 28.8 Å². The maximum atomic E-state index is 12.8. The molecule has 1 unspecified atom stereocenters. The SMILES string of the molecule is NCC(F)c1cc(Cl)cnc1F. The third-order valence-corrected chi connectivity index (χ3v) is 1.58. The number of aromatic nitrogens is 1. The summed E-state index contributed by atoms with van der Waals surface area (Å²) in [6, 6.07) is 1.18.